The predicted molar refractivity (Wildman–Crippen MR) is 56.1 cm³/mol. The maximum atomic E-state index is 9.76. The van der Waals surface area contributed by atoms with Crippen molar-refractivity contribution >= 4 is 14.4 Å². The molecule has 4 heteroatoms. The lowest BCUT2D eigenvalue weighted by atomic mass is 10.3. The van der Waals surface area contributed by atoms with E-state index in [0.717, 1.165) is 25.5 Å². The van der Waals surface area contributed by atoms with E-state index >= 15 is 0 Å². The summed E-state index contributed by atoms with van der Waals surface area (Å²) in [4.78, 5) is 13.3. The molecule has 0 rings (SSSR count). The van der Waals surface area contributed by atoms with Crippen LogP contribution in [0.1, 0.15) is 19.8 Å². The van der Waals surface area contributed by atoms with Crippen molar-refractivity contribution in [3.63, 3.8) is 0 Å². The number of rotatable bonds is 7. The highest BCUT2D eigenvalue weighted by Gasteiger charge is 2.20. The maximum absolute atomic E-state index is 9.76. The van der Waals surface area contributed by atoms with Crippen LogP contribution in [0.25, 0.3) is 0 Å². The second kappa shape index (κ2) is 7.01. The minimum atomic E-state index is -1.40. The molecular formula is C9H19NO2Si. The number of isocyanates is 1. The van der Waals surface area contributed by atoms with Gasteiger partial charge in [-0.3, -0.25) is 0 Å². The molecule has 0 amide bonds. The fraction of sp³-hybridized carbons (Fsp3) is 0.889. The molecule has 0 aromatic rings. The molecule has 0 spiro atoms. The number of nitrogens with zero attached hydrogens (tertiary/aromatic N) is 1. The third-order valence-electron chi connectivity index (χ3n) is 1.90. The van der Waals surface area contributed by atoms with Crippen LogP contribution in [0.2, 0.25) is 19.1 Å². The van der Waals surface area contributed by atoms with Crippen LogP contribution in [0.4, 0.5) is 0 Å². The van der Waals surface area contributed by atoms with Gasteiger partial charge in [0.2, 0.25) is 6.08 Å². The quantitative estimate of drug-likeness (QED) is 0.274. The third-order valence-corrected chi connectivity index (χ3v) is 4.53. The van der Waals surface area contributed by atoms with Crippen molar-refractivity contribution in [1.82, 2.24) is 0 Å². The van der Waals surface area contributed by atoms with Gasteiger partial charge in [-0.2, -0.15) is 0 Å². The molecule has 0 aliphatic carbocycles. The number of hydrogen-bond acceptors (Lipinski definition) is 3. The van der Waals surface area contributed by atoms with Gasteiger partial charge in [0.25, 0.3) is 0 Å². The van der Waals surface area contributed by atoms with E-state index in [2.05, 4.69) is 18.1 Å². The van der Waals surface area contributed by atoms with Crippen LogP contribution in [0.15, 0.2) is 4.99 Å². The summed E-state index contributed by atoms with van der Waals surface area (Å²) in [6.45, 7) is 7.90. The normalized spacial score (nSPS) is 11.0. The number of hydrogen-bond donors (Lipinski definition) is 0. The highest BCUT2D eigenvalue weighted by Crippen LogP contribution is 2.14. The smallest absolute Gasteiger partial charge is 0.234 e. The van der Waals surface area contributed by atoms with Gasteiger partial charge in [0.15, 0.2) is 8.32 Å². The summed E-state index contributed by atoms with van der Waals surface area (Å²) in [5.41, 5.74) is 0. The molecule has 0 saturated carbocycles. The fourth-order valence-electron chi connectivity index (χ4n) is 1.25. The third kappa shape index (κ3) is 7.90. The molecule has 0 aromatic carbocycles. The second-order valence-electron chi connectivity index (χ2n) is 3.62. The molecule has 0 atom stereocenters. The first-order chi connectivity index (χ1) is 6.12. The SMILES string of the molecule is CCO[Si](C)(C)CCCCN=C=O. The summed E-state index contributed by atoms with van der Waals surface area (Å²) in [5.74, 6) is 0. The Morgan fingerprint density at radius 2 is 2.08 bits per heavy atom. The van der Waals surface area contributed by atoms with Gasteiger partial charge in [-0.05, 0) is 32.5 Å². The summed E-state index contributed by atoms with van der Waals surface area (Å²) in [6.07, 6.45) is 3.62. The number of unbranched alkanes of at least 4 members (excludes halogenated alkanes) is 1. The predicted octanol–water partition coefficient (Wildman–Crippen LogP) is 2.34. The van der Waals surface area contributed by atoms with Crippen molar-refractivity contribution in [2.45, 2.75) is 38.9 Å². The van der Waals surface area contributed by atoms with Crippen LogP contribution in [-0.2, 0) is 9.22 Å². The molecule has 3 nitrogen and oxygen atoms in total. The van der Waals surface area contributed by atoms with Crippen LogP contribution in [-0.4, -0.2) is 27.5 Å². The molecule has 0 radical (unpaired) electrons. The Bertz CT molecular complexity index is 176. The van der Waals surface area contributed by atoms with Crippen molar-refractivity contribution in [1.29, 1.82) is 0 Å². The maximum Gasteiger partial charge on any atom is 0.234 e. The Morgan fingerprint density at radius 1 is 1.38 bits per heavy atom. The monoisotopic (exact) mass is 201 g/mol. The molecule has 0 aliphatic heterocycles. The van der Waals surface area contributed by atoms with Crippen molar-refractivity contribution in [3.05, 3.63) is 0 Å². The lowest BCUT2D eigenvalue weighted by Gasteiger charge is -2.21. The van der Waals surface area contributed by atoms with Gasteiger partial charge in [-0.15, -0.1) is 0 Å². The molecule has 0 bridgehead atoms. The number of carbonyl (C=O) groups excluding carboxylic acids is 1. The van der Waals surface area contributed by atoms with Crippen molar-refractivity contribution in [2.24, 2.45) is 4.99 Å². The largest absolute Gasteiger partial charge is 0.418 e. The Morgan fingerprint density at radius 3 is 2.62 bits per heavy atom. The molecular weight excluding hydrogens is 182 g/mol. The Hall–Kier alpha value is -0.443. The van der Waals surface area contributed by atoms with Crippen molar-refractivity contribution < 1.29 is 9.22 Å². The molecule has 13 heavy (non-hydrogen) atoms. The first-order valence-electron chi connectivity index (χ1n) is 4.80. The summed E-state index contributed by atoms with van der Waals surface area (Å²) in [6, 6.07) is 1.15. The standard InChI is InChI=1S/C9H19NO2Si/c1-4-12-13(2,3)8-6-5-7-10-9-11/h4-8H2,1-3H3. The Balaban J connectivity index is 3.45. The van der Waals surface area contributed by atoms with Gasteiger partial charge < -0.3 is 4.43 Å². The van der Waals surface area contributed by atoms with E-state index in [-0.39, 0.29) is 0 Å². The Kier molecular flexibility index (Phi) is 6.77. The minimum absolute atomic E-state index is 0.611. The summed E-state index contributed by atoms with van der Waals surface area (Å²) >= 11 is 0. The minimum Gasteiger partial charge on any atom is -0.418 e. The van der Waals surface area contributed by atoms with Gasteiger partial charge in [0, 0.05) is 6.61 Å². The lowest BCUT2D eigenvalue weighted by molar-refractivity contribution is 0.328. The zero-order valence-electron chi connectivity index (χ0n) is 8.80. The molecule has 0 N–H and O–H groups in total. The van der Waals surface area contributed by atoms with E-state index in [9.17, 15) is 4.79 Å². The van der Waals surface area contributed by atoms with E-state index in [0.29, 0.717) is 6.54 Å². The van der Waals surface area contributed by atoms with Gasteiger partial charge in [-0.25, -0.2) is 9.79 Å². The van der Waals surface area contributed by atoms with E-state index < -0.39 is 8.32 Å². The molecule has 0 unspecified atom stereocenters. The molecule has 0 saturated heterocycles. The number of aliphatic imine (C=N–C) groups is 1. The summed E-state index contributed by atoms with van der Waals surface area (Å²) < 4.78 is 5.67. The second-order valence-corrected chi connectivity index (χ2v) is 7.93. The van der Waals surface area contributed by atoms with Gasteiger partial charge in [0.1, 0.15) is 0 Å². The van der Waals surface area contributed by atoms with Crippen LogP contribution < -0.4 is 0 Å². The van der Waals surface area contributed by atoms with Crippen LogP contribution in [0.3, 0.4) is 0 Å². The van der Waals surface area contributed by atoms with Gasteiger partial charge in [0.05, 0.1) is 6.54 Å². The van der Waals surface area contributed by atoms with Gasteiger partial charge in [-0.1, -0.05) is 6.42 Å². The van der Waals surface area contributed by atoms with E-state index in [1.807, 2.05) is 6.92 Å². The lowest BCUT2D eigenvalue weighted by Crippen LogP contribution is -2.29. The molecule has 0 fully saturated rings. The summed E-state index contributed by atoms with van der Waals surface area (Å²) in [5, 5.41) is 0. The first-order valence-corrected chi connectivity index (χ1v) is 7.91. The first kappa shape index (κ1) is 12.6. The van der Waals surface area contributed by atoms with Crippen molar-refractivity contribution in [2.75, 3.05) is 13.2 Å². The molecule has 0 heterocycles. The van der Waals surface area contributed by atoms with Crippen LogP contribution in [0, 0.1) is 0 Å². The van der Waals surface area contributed by atoms with E-state index in [1.165, 1.54) is 0 Å². The average Bonchev–Trinajstić information content (AvgIpc) is 2.04. The topological polar surface area (TPSA) is 38.7 Å². The average molecular weight is 201 g/mol. The fourth-order valence-corrected chi connectivity index (χ4v) is 3.28. The van der Waals surface area contributed by atoms with Crippen molar-refractivity contribution in [3.8, 4) is 0 Å². The van der Waals surface area contributed by atoms with E-state index in [4.69, 9.17) is 4.43 Å². The Labute approximate surface area is 81.3 Å². The van der Waals surface area contributed by atoms with E-state index in [1.54, 1.807) is 6.08 Å². The zero-order chi connectivity index (χ0) is 10.2. The highest BCUT2D eigenvalue weighted by molar-refractivity contribution is 6.71. The van der Waals surface area contributed by atoms with Crippen LogP contribution >= 0.6 is 0 Å². The zero-order valence-corrected chi connectivity index (χ0v) is 9.80. The van der Waals surface area contributed by atoms with Gasteiger partial charge >= 0.3 is 0 Å². The molecule has 76 valence electrons. The highest BCUT2D eigenvalue weighted by atomic mass is 28.4. The summed E-state index contributed by atoms with van der Waals surface area (Å²) in [7, 11) is -1.40. The van der Waals surface area contributed by atoms with Crippen LogP contribution in [0.5, 0.6) is 0 Å². The molecule has 0 aliphatic rings. The molecule has 0 aromatic heterocycles.